The van der Waals surface area contributed by atoms with E-state index in [4.69, 9.17) is 16.3 Å². The van der Waals surface area contributed by atoms with Gasteiger partial charge in [-0.15, -0.1) is 0 Å². The van der Waals surface area contributed by atoms with Crippen LogP contribution in [0.2, 0.25) is 5.02 Å². The molecule has 23 heavy (non-hydrogen) atoms. The molecule has 4 nitrogen and oxygen atoms in total. The van der Waals surface area contributed by atoms with E-state index >= 15 is 0 Å². The van der Waals surface area contributed by atoms with Crippen LogP contribution < -0.4 is 5.32 Å². The van der Waals surface area contributed by atoms with Crippen molar-refractivity contribution in [2.45, 2.75) is 6.54 Å². The Morgan fingerprint density at radius 2 is 1.87 bits per heavy atom. The minimum Gasteiger partial charge on any atom is -0.379 e. The summed E-state index contributed by atoms with van der Waals surface area (Å²) in [7, 11) is 0. The van der Waals surface area contributed by atoms with Gasteiger partial charge in [0.05, 0.1) is 13.2 Å². The number of nitrogens with one attached hydrogen (secondary N) is 1. The van der Waals surface area contributed by atoms with Gasteiger partial charge >= 0.3 is 0 Å². The first-order valence-corrected chi connectivity index (χ1v) is 8.04. The van der Waals surface area contributed by atoms with Gasteiger partial charge in [-0.2, -0.15) is 0 Å². The molecule has 2 aromatic rings. The predicted molar refractivity (Wildman–Crippen MR) is 91.9 cm³/mol. The van der Waals surface area contributed by atoms with Gasteiger partial charge in [0.2, 0.25) is 0 Å². The van der Waals surface area contributed by atoms with Crippen LogP contribution in [0.4, 0.5) is 5.69 Å². The van der Waals surface area contributed by atoms with Crippen molar-refractivity contribution in [3.05, 3.63) is 64.7 Å². The number of benzene rings is 2. The van der Waals surface area contributed by atoms with Crippen LogP contribution in [0.15, 0.2) is 48.5 Å². The molecular weight excluding hydrogens is 312 g/mol. The number of morpholine rings is 1. The van der Waals surface area contributed by atoms with Crippen molar-refractivity contribution >= 4 is 23.2 Å². The normalized spacial score (nSPS) is 15.3. The fourth-order valence-corrected chi connectivity index (χ4v) is 2.73. The zero-order valence-corrected chi connectivity index (χ0v) is 13.6. The SMILES string of the molecule is O=C(Nc1ccc(CN2CCOCC2)cc1)c1cccc(Cl)c1. The lowest BCUT2D eigenvalue weighted by molar-refractivity contribution is 0.0342. The maximum Gasteiger partial charge on any atom is 0.255 e. The average molecular weight is 331 g/mol. The fraction of sp³-hybridized carbons (Fsp3) is 0.278. The van der Waals surface area contributed by atoms with Crippen LogP contribution in [-0.4, -0.2) is 37.1 Å². The second-order valence-electron chi connectivity index (χ2n) is 5.55. The molecule has 1 aliphatic rings. The van der Waals surface area contributed by atoms with Crippen molar-refractivity contribution in [1.82, 2.24) is 4.90 Å². The molecule has 1 saturated heterocycles. The molecule has 0 spiro atoms. The molecule has 2 aromatic carbocycles. The molecule has 0 unspecified atom stereocenters. The summed E-state index contributed by atoms with van der Waals surface area (Å²) in [6.07, 6.45) is 0. The van der Waals surface area contributed by atoms with Gasteiger partial charge in [0.25, 0.3) is 5.91 Å². The lowest BCUT2D eigenvalue weighted by Crippen LogP contribution is -2.35. The quantitative estimate of drug-likeness (QED) is 0.934. The van der Waals surface area contributed by atoms with Gasteiger partial charge in [0.1, 0.15) is 0 Å². The minimum absolute atomic E-state index is 0.159. The molecule has 0 aliphatic carbocycles. The summed E-state index contributed by atoms with van der Waals surface area (Å²) in [5, 5.41) is 3.44. The third-order valence-corrected chi connectivity index (χ3v) is 4.04. The molecule has 3 rings (SSSR count). The number of carbonyl (C=O) groups excluding carboxylic acids is 1. The summed E-state index contributed by atoms with van der Waals surface area (Å²) in [5.74, 6) is -0.159. The van der Waals surface area contributed by atoms with Gasteiger partial charge in [-0.3, -0.25) is 9.69 Å². The molecule has 1 aliphatic heterocycles. The third-order valence-electron chi connectivity index (χ3n) is 3.81. The van der Waals surface area contributed by atoms with Crippen molar-refractivity contribution in [3.8, 4) is 0 Å². The summed E-state index contributed by atoms with van der Waals surface area (Å²) in [5.41, 5.74) is 2.56. The first-order chi connectivity index (χ1) is 11.2. The Morgan fingerprint density at radius 1 is 1.13 bits per heavy atom. The molecular formula is C18H19ClN2O2. The molecule has 120 valence electrons. The number of amides is 1. The summed E-state index contributed by atoms with van der Waals surface area (Å²) in [4.78, 5) is 14.5. The number of ether oxygens (including phenoxy) is 1. The van der Waals surface area contributed by atoms with Gasteiger partial charge in [0, 0.05) is 35.9 Å². The van der Waals surface area contributed by atoms with E-state index in [9.17, 15) is 4.79 Å². The number of nitrogens with zero attached hydrogens (tertiary/aromatic N) is 1. The number of rotatable bonds is 4. The van der Waals surface area contributed by atoms with E-state index in [0.29, 0.717) is 10.6 Å². The van der Waals surface area contributed by atoms with Crippen LogP contribution in [0.3, 0.4) is 0 Å². The maximum absolute atomic E-state index is 12.2. The Morgan fingerprint density at radius 3 is 2.57 bits per heavy atom. The summed E-state index contributed by atoms with van der Waals surface area (Å²) in [6, 6.07) is 14.9. The summed E-state index contributed by atoms with van der Waals surface area (Å²) >= 11 is 5.91. The number of halogens is 1. The Kier molecular flexibility index (Phi) is 5.28. The molecule has 0 bridgehead atoms. The molecule has 1 heterocycles. The largest absolute Gasteiger partial charge is 0.379 e. The van der Waals surface area contributed by atoms with Crippen molar-refractivity contribution in [2.24, 2.45) is 0 Å². The minimum atomic E-state index is -0.159. The second-order valence-corrected chi connectivity index (χ2v) is 5.99. The molecule has 0 atom stereocenters. The number of hydrogen-bond donors (Lipinski definition) is 1. The zero-order valence-electron chi connectivity index (χ0n) is 12.8. The standard InChI is InChI=1S/C18H19ClN2O2/c19-16-3-1-2-15(12-16)18(22)20-17-6-4-14(5-7-17)13-21-8-10-23-11-9-21/h1-7,12H,8-11,13H2,(H,20,22). The predicted octanol–water partition coefficient (Wildman–Crippen LogP) is 3.42. The van der Waals surface area contributed by atoms with Crippen LogP contribution in [-0.2, 0) is 11.3 Å². The molecule has 1 fully saturated rings. The molecule has 0 saturated carbocycles. The molecule has 1 N–H and O–H groups in total. The summed E-state index contributed by atoms with van der Waals surface area (Å²) < 4.78 is 5.35. The fourth-order valence-electron chi connectivity index (χ4n) is 2.54. The highest BCUT2D eigenvalue weighted by atomic mass is 35.5. The number of anilines is 1. The summed E-state index contributed by atoms with van der Waals surface area (Å²) in [6.45, 7) is 4.44. The molecule has 1 amide bonds. The van der Waals surface area contributed by atoms with Gasteiger partial charge < -0.3 is 10.1 Å². The Bertz CT molecular complexity index is 667. The zero-order chi connectivity index (χ0) is 16.1. The second kappa shape index (κ2) is 7.59. The van der Waals surface area contributed by atoms with Gasteiger partial charge in [0.15, 0.2) is 0 Å². The van der Waals surface area contributed by atoms with Crippen LogP contribution in [0.1, 0.15) is 15.9 Å². The number of hydrogen-bond acceptors (Lipinski definition) is 3. The van der Waals surface area contributed by atoms with E-state index in [1.165, 1.54) is 5.56 Å². The Balaban J connectivity index is 1.59. The monoisotopic (exact) mass is 330 g/mol. The van der Waals surface area contributed by atoms with Crippen LogP contribution in [0.25, 0.3) is 0 Å². The molecule has 5 heteroatoms. The van der Waals surface area contributed by atoms with Crippen LogP contribution >= 0.6 is 11.6 Å². The van der Waals surface area contributed by atoms with Gasteiger partial charge in [-0.05, 0) is 35.9 Å². The van der Waals surface area contributed by atoms with E-state index in [0.717, 1.165) is 38.5 Å². The van der Waals surface area contributed by atoms with Crippen molar-refractivity contribution in [3.63, 3.8) is 0 Å². The first kappa shape index (κ1) is 16.0. The smallest absolute Gasteiger partial charge is 0.255 e. The van der Waals surface area contributed by atoms with Crippen LogP contribution in [0.5, 0.6) is 0 Å². The van der Waals surface area contributed by atoms with Gasteiger partial charge in [-0.1, -0.05) is 29.8 Å². The molecule has 0 radical (unpaired) electrons. The van der Waals surface area contributed by atoms with E-state index in [-0.39, 0.29) is 5.91 Å². The van der Waals surface area contributed by atoms with Crippen molar-refractivity contribution < 1.29 is 9.53 Å². The lowest BCUT2D eigenvalue weighted by Gasteiger charge is -2.26. The Hall–Kier alpha value is -1.88. The maximum atomic E-state index is 12.2. The first-order valence-electron chi connectivity index (χ1n) is 7.67. The average Bonchev–Trinajstić information content (AvgIpc) is 2.57. The van der Waals surface area contributed by atoms with E-state index < -0.39 is 0 Å². The highest BCUT2D eigenvalue weighted by Gasteiger charge is 2.11. The topological polar surface area (TPSA) is 41.6 Å². The van der Waals surface area contributed by atoms with Crippen LogP contribution in [0, 0.1) is 0 Å². The molecule has 0 aromatic heterocycles. The van der Waals surface area contributed by atoms with Crippen molar-refractivity contribution in [1.29, 1.82) is 0 Å². The highest BCUT2D eigenvalue weighted by molar-refractivity contribution is 6.31. The number of carbonyl (C=O) groups is 1. The van der Waals surface area contributed by atoms with Gasteiger partial charge in [-0.25, -0.2) is 0 Å². The Labute approximate surface area is 141 Å². The highest BCUT2D eigenvalue weighted by Crippen LogP contribution is 2.15. The van der Waals surface area contributed by atoms with E-state index in [1.54, 1.807) is 24.3 Å². The lowest BCUT2D eigenvalue weighted by atomic mass is 10.1. The van der Waals surface area contributed by atoms with Crippen molar-refractivity contribution in [2.75, 3.05) is 31.6 Å². The van der Waals surface area contributed by atoms with E-state index in [1.807, 2.05) is 24.3 Å². The third kappa shape index (κ3) is 4.55. The van der Waals surface area contributed by atoms with E-state index in [2.05, 4.69) is 10.2 Å².